The Morgan fingerprint density at radius 2 is 1.74 bits per heavy atom. The number of carbonyl (C=O) groups excluding carboxylic acids is 2. The van der Waals surface area contributed by atoms with Crippen LogP contribution in [-0.4, -0.2) is 35.8 Å². The zero-order valence-corrected chi connectivity index (χ0v) is 13.7. The minimum atomic E-state index is -1.04. The summed E-state index contributed by atoms with van der Waals surface area (Å²) in [6.45, 7) is 6.81. The normalized spacial score (nSPS) is 16.3. The molecule has 0 unspecified atom stereocenters. The zero-order chi connectivity index (χ0) is 17.2. The molecule has 23 heavy (non-hydrogen) atoms. The number of benzene rings is 1. The Bertz CT molecular complexity index is 603. The van der Waals surface area contributed by atoms with Gasteiger partial charge in [0.15, 0.2) is 11.6 Å². The average molecular weight is 324 g/mol. The van der Waals surface area contributed by atoms with Crippen molar-refractivity contribution in [2.45, 2.75) is 39.7 Å². The minimum absolute atomic E-state index is 0.0698. The fourth-order valence-electron chi connectivity index (χ4n) is 2.61. The van der Waals surface area contributed by atoms with E-state index in [2.05, 4.69) is 5.32 Å². The third kappa shape index (κ3) is 4.27. The van der Waals surface area contributed by atoms with Crippen molar-refractivity contribution in [3.8, 4) is 0 Å². The number of carbonyl (C=O) groups is 2. The number of nitrogens with one attached hydrogen (secondary N) is 1. The van der Waals surface area contributed by atoms with Gasteiger partial charge in [-0.05, 0) is 31.0 Å². The molecule has 0 radical (unpaired) electrons. The number of likely N-dealkylation sites (tertiary alicyclic amines) is 1. The van der Waals surface area contributed by atoms with Gasteiger partial charge in [-0.3, -0.25) is 9.59 Å². The van der Waals surface area contributed by atoms with Crippen LogP contribution >= 0.6 is 0 Å². The van der Waals surface area contributed by atoms with Gasteiger partial charge in [-0.15, -0.1) is 0 Å². The van der Waals surface area contributed by atoms with Gasteiger partial charge in [-0.2, -0.15) is 0 Å². The van der Waals surface area contributed by atoms with E-state index in [0.717, 1.165) is 12.1 Å². The van der Waals surface area contributed by atoms with Crippen LogP contribution in [0.3, 0.4) is 0 Å². The first-order valence-electron chi connectivity index (χ1n) is 7.74. The Hall–Kier alpha value is -1.98. The zero-order valence-electron chi connectivity index (χ0n) is 13.7. The van der Waals surface area contributed by atoms with Crippen LogP contribution in [0.4, 0.5) is 8.78 Å². The predicted octanol–water partition coefficient (Wildman–Crippen LogP) is 2.73. The van der Waals surface area contributed by atoms with Crippen molar-refractivity contribution >= 4 is 11.8 Å². The summed E-state index contributed by atoms with van der Waals surface area (Å²) in [5.74, 6) is -2.34. The number of piperidine rings is 1. The van der Waals surface area contributed by atoms with E-state index in [1.165, 1.54) is 6.07 Å². The van der Waals surface area contributed by atoms with Crippen molar-refractivity contribution in [3.05, 3.63) is 35.4 Å². The van der Waals surface area contributed by atoms with Gasteiger partial charge in [0.05, 0.1) is 0 Å². The smallest absolute Gasteiger partial charge is 0.251 e. The van der Waals surface area contributed by atoms with Crippen LogP contribution in [0, 0.1) is 17.0 Å². The number of hydrogen-bond donors (Lipinski definition) is 1. The summed E-state index contributed by atoms with van der Waals surface area (Å²) in [6.07, 6.45) is 1.30. The van der Waals surface area contributed by atoms with Crippen LogP contribution in [0.2, 0.25) is 0 Å². The van der Waals surface area contributed by atoms with Crippen LogP contribution in [-0.2, 0) is 4.79 Å². The van der Waals surface area contributed by atoms with E-state index in [9.17, 15) is 18.4 Å². The minimum Gasteiger partial charge on any atom is -0.349 e. The maximum absolute atomic E-state index is 13.2. The lowest BCUT2D eigenvalue weighted by Gasteiger charge is -2.36. The molecule has 0 saturated carbocycles. The van der Waals surface area contributed by atoms with E-state index in [1.54, 1.807) is 4.90 Å². The van der Waals surface area contributed by atoms with Gasteiger partial charge in [0.1, 0.15) is 0 Å². The first-order chi connectivity index (χ1) is 10.7. The number of nitrogens with zero attached hydrogens (tertiary/aromatic N) is 1. The lowest BCUT2D eigenvalue weighted by molar-refractivity contribution is -0.140. The predicted molar refractivity (Wildman–Crippen MR) is 82.9 cm³/mol. The Balaban J connectivity index is 1.90. The molecule has 2 rings (SSSR count). The summed E-state index contributed by atoms with van der Waals surface area (Å²) in [5.41, 5.74) is -0.320. The highest BCUT2D eigenvalue weighted by atomic mass is 19.2. The summed E-state index contributed by atoms with van der Waals surface area (Å²) in [5, 5.41) is 2.81. The molecule has 2 amide bonds. The number of halogens is 2. The van der Waals surface area contributed by atoms with Crippen molar-refractivity contribution in [3.63, 3.8) is 0 Å². The largest absolute Gasteiger partial charge is 0.349 e. The average Bonchev–Trinajstić information content (AvgIpc) is 2.49. The van der Waals surface area contributed by atoms with E-state index in [0.29, 0.717) is 25.9 Å². The molecule has 1 N–H and O–H groups in total. The van der Waals surface area contributed by atoms with Gasteiger partial charge in [-0.1, -0.05) is 20.8 Å². The summed E-state index contributed by atoms with van der Waals surface area (Å²) >= 11 is 0. The van der Waals surface area contributed by atoms with E-state index in [4.69, 9.17) is 0 Å². The van der Waals surface area contributed by atoms with Crippen LogP contribution in [0.25, 0.3) is 0 Å². The summed E-state index contributed by atoms with van der Waals surface area (Å²) in [6, 6.07) is 3.02. The van der Waals surface area contributed by atoms with Gasteiger partial charge in [0.2, 0.25) is 5.91 Å². The van der Waals surface area contributed by atoms with Gasteiger partial charge >= 0.3 is 0 Å². The molecule has 0 atom stereocenters. The van der Waals surface area contributed by atoms with Crippen molar-refractivity contribution in [1.29, 1.82) is 0 Å². The highest BCUT2D eigenvalue weighted by Crippen LogP contribution is 2.21. The van der Waals surface area contributed by atoms with Gasteiger partial charge < -0.3 is 10.2 Å². The van der Waals surface area contributed by atoms with E-state index < -0.39 is 23.0 Å². The van der Waals surface area contributed by atoms with E-state index in [1.807, 2.05) is 20.8 Å². The first kappa shape index (κ1) is 17.4. The van der Waals surface area contributed by atoms with Crippen molar-refractivity contribution in [2.75, 3.05) is 13.1 Å². The molecule has 0 spiro atoms. The molecule has 1 aliphatic rings. The molecule has 0 aromatic heterocycles. The molecule has 6 heteroatoms. The number of rotatable bonds is 2. The first-order valence-corrected chi connectivity index (χ1v) is 7.74. The topological polar surface area (TPSA) is 49.4 Å². The van der Waals surface area contributed by atoms with Crippen LogP contribution in [0.5, 0.6) is 0 Å². The molecule has 1 aromatic carbocycles. The highest BCUT2D eigenvalue weighted by Gasteiger charge is 2.30. The fourth-order valence-corrected chi connectivity index (χ4v) is 2.61. The summed E-state index contributed by atoms with van der Waals surface area (Å²) < 4.78 is 26.1. The lowest BCUT2D eigenvalue weighted by atomic mass is 9.93. The Morgan fingerprint density at radius 1 is 1.13 bits per heavy atom. The highest BCUT2D eigenvalue weighted by molar-refractivity contribution is 5.94. The molecular formula is C17H22F2N2O2. The second-order valence-electron chi connectivity index (χ2n) is 6.92. The fraction of sp³-hybridized carbons (Fsp3) is 0.529. The number of amides is 2. The molecule has 1 aromatic rings. The van der Waals surface area contributed by atoms with Crippen molar-refractivity contribution in [1.82, 2.24) is 10.2 Å². The van der Waals surface area contributed by atoms with Crippen molar-refractivity contribution in [2.24, 2.45) is 5.41 Å². The molecule has 1 aliphatic heterocycles. The molecule has 0 bridgehead atoms. The third-order valence-electron chi connectivity index (χ3n) is 3.94. The summed E-state index contributed by atoms with van der Waals surface area (Å²) in [4.78, 5) is 26.1. The Kier molecular flexibility index (Phi) is 5.02. The van der Waals surface area contributed by atoms with E-state index in [-0.39, 0.29) is 17.5 Å². The second-order valence-corrected chi connectivity index (χ2v) is 6.92. The maximum Gasteiger partial charge on any atom is 0.251 e. The van der Waals surface area contributed by atoms with Crippen LogP contribution in [0.15, 0.2) is 18.2 Å². The molecule has 126 valence electrons. The SMILES string of the molecule is CC(C)(C)C(=O)N1CCC(NC(=O)c2ccc(F)c(F)c2)CC1. The maximum atomic E-state index is 13.2. The molecule has 1 saturated heterocycles. The second kappa shape index (κ2) is 6.64. The molecular weight excluding hydrogens is 302 g/mol. The van der Waals surface area contributed by atoms with Gasteiger partial charge in [0, 0.05) is 30.1 Å². The molecule has 0 aliphatic carbocycles. The molecule has 1 heterocycles. The summed E-state index contributed by atoms with van der Waals surface area (Å²) in [7, 11) is 0. The van der Waals surface area contributed by atoms with Crippen LogP contribution in [0.1, 0.15) is 44.0 Å². The Labute approximate surface area is 134 Å². The molecule has 4 nitrogen and oxygen atoms in total. The third-order valence-corrected chi connectivity index (χ3v) is 3.94. The van der Waals surface area contributed by atoms with E-state index >= 15 is 0 Å². The monoisotopic (exact) mass is 324 g/mol. The van der Waals surface area contributed by atoms with Crippen LogP contribution < -0.4 is 5.32 Å². The van der Waals surface area contributed by atoms with Gasteiger partial charge in [0.25, 0.3) is 5.91 Å². The Morgan fingerprint density at radius 3 is 2.26 bits per heavy atom. The molecule has 1 fully saturated rings. The lowest BCUT2D eigenvalue weighted by Crippen LogP contribution is -2.49. The standard InChI is InChI=1S/C17H22F2N2O2/c1-17(2,3)16(23)21-8-6-12(7-9-21)20-15(22)11-4-5-13(18)14(19)10-11/h4-5,10,12H,6-9H2,1-3H3,(H,20,22). The van der Waals surface area contributed by atoms with Gasteiger partial charge in [-0.25, -0.2) is 8.78 Å². The quantitative estimate of drug-likeness (QED) is 0.909. The number of hydrogen-bond acceptors (Lipinski definition) is 2. The van der Waals surface area contributed by atoms with Crippen molar-refractivity contribution < 1.29 is 18.4 Å².